The largest absolute Gasteiger partial charge is 0.573 e. The molecule has 38 heavy (non-hydrogen) atoms. The summed E-state index contributed by atoms with van der Waals surface area (Å²) in [5.41, 5.74) is 8.86. The molecule has 196 valence electrons. The van der Waals surface area contributed by atoms with Crippen molar-refractivity contribution in [3.8, 4) is 11.5 Å². The molecule has 1 aliphatic heterocycles. The van der Waals surface area contributed by atoms with Gasteiger partial charge >= 0.3 is 6.36 Å². The number of para-hydroxylation sites is 2. The zero-order valence-electron chi connectivity index (χ0n) is 20.2. The number of alkyl halides is 3. The standard InChI is InChI=1S/C26H23F3N6O2S/c1-36-23-5-3-2-4-22(23)35-14-15-38-25(35)34-33-16-18-6-8-19(9-7-18)24(30)32-17-31-20-10-12-21(13-11-20)37-26(27,28)29/h2-13,16-17H,14-15H2,1H3,(H2,30,31,32)/b33-16-,34-25+. The van der Waals surface area contributed by atoms with Crippen LogP contribution < -0.4 is 20.1 Å². The second-order valence-electron chi connectivity index (χ2n) is 7.72. The topological polar surface area (TPSA) is 97.2 Å². The number of methoxy groups -OCH3 is 1. The van der Waals surface area contributed by atoms with Gasteiger partial charge in [0.15, 0.2) is 5.17 Å². The maximum absolute atomic E-state index is 12.2. The lowest BCUT2D eigenvalue weighted by Crippen LogP contribution is -2.23. The number of rotatable bonds is 8. The van der Waals surface area contributed by atoms with Crippen LogP contribution in [0, 0.1) is 0 Å². The van der Waals surface area contributed by atoms with Crippen molar-refractivity contribution in [3.05, 3.63) is 83.9 Å². The van der Waals surface area contributed by atoms with Crippen LogP contribution in [-0.2, 0) is 0 Å². The fraction of sp³-hybridized carbons (Fsp3) is 0.154. The van der Waals surface area contributed by atoms with E-state index >= 15 is 0 Å². The summed E-state index contributed by atoms with van der Waals surface area (Å²) in [4.78, 5) is 10.2. The van der Waals surface area contributed by atoms with Crippen molar-refractivity contribution >= 4 is 46.7 Å². The predicted octanol–water partition coefficient (Wildman–Crippen LogP) is 5.60. The summed E-state index contributed by atoms with van der Waals surface area (Å²) in [6.45, 7) is 0.813. The number of hydrogen-bond donors (Lipinski definition) is 1. The highest BCUT2D eigenvalue weighted by molar-refractivity contribution is 8.14. The summed E-state index contributed by atoms with van der Waals surface area (Å²) in [6, 6.07) is 20.1. The Hall–Kier alpha value is -4.32. The van der Waals surface area contributed by atoms with Gasteiger partial charge < -0.3 is 20.1 Å². The maximum Gasteiger partial charge on any atom is 0.573 e. The lowest BCUT2D eigenvalue weighted by Gasteiger charge is -2.19. The number of amidine groups is 2. The molecule has 0 saturated carbocycles. The zero-order chi connectivity index (χ0) is 27.0. The lowest BCUT2D eigenvalue weighted by atomic mass is 10.1. The number of nitrogens with zero attached hydrogens (tertiary/aromatic N) is 5. The molecule has 0 radical (unpaired) electrons. The van der Waals surface area contributed by atoms with E-state index in [9.17, 15) is 13.2 Å². The average Bonchev–Trinajstić information content (AvgIpc) is 3.37. The van der Waals surface area contributed by atoms with Gasteiger partial charge in [-0.15, -0.1) is 18.3 Å². The van der Waals surface area contributed by atoms with Gasteiger partial charge in [0, 0.05) is 17.9 Å². The van der Waals surface area contributed by atoms with Crippen LogP contribution >= 0.6 is 11.8 Å². The van der Waals surface area contributed by atoms with Gasteiger partial charge in [-0.3, -0.25) is 0 Å². The molecule has 1 aliphatic rings. The molecule has 0 unspecified atom stereocenters. The van der Waals surface area contributed by atoms with E-state index in [1.54, 1.807) is 37.2 Å². The second-order valence-corrected chi connectivity index (χ2v) is 8.78. The minimum Gasteiger partial charge on any atom is -0.495 e. The zero-order valence-corrected chi connectivity index (χ0v) is 21.0. The number of ether oxygens (including phenoxy) is 2. The van der Waals surface area contributed by atoms with E-state index in [0.717, 1.165) is 34.5 Å². The van der Waals surface area contributed by atoms with Crippen LogP contribution in [-0.4, -0.2) is 49.3 Å². The molecule has 0 atom stereocenters. The molecule has 3 aromatic rings. The first-order valence-corrected chi connectivity index (χ1v) is 12.3. The van der Waals surface area contributed by atoms with Crippen molar-refractivity contribution in [1.29, 1.82) is 0 Å². The third-order valence-corrected chi connectivity index (χ3v) is 6.13. The molecule has 0 spiro atoms. The summed E-state index contributed by atoms with van der Waals surface area (Å²) >= 11 is 1.63. The third kappa shape index (κ3) is 7.35. The fourth-order valence-corrected chi connectivity index (χ4v) is 4.32. The van der Waals surface area contributed by atoms with Gasteiger partial charge in [-0.05, 0) is 42.0 Å². The molecule has 0 aromatic heterocycles. The van der Waals surface area contributed by atoms with Crippen molar-refractivity contribution in [2.45, 2.75) is 6.36 Å². The molecule has 12 heteroatoms. The smallest absolute Gasteiger partial charge is 0.495 e. The molecule has 8 nitrogen and oxygen atoms in total. The predicted molar refractivity (Wildman–Crippen MR) is 146 cm³/mol. The van der Waals surface area contributed by atoms with Gasteiger partial charge in [-0.2, -0.15) is 5.10 Å². The van der Waals surface area contributed by atoms with E-state index in [1.165, 1.54) is 30.6 Å². The number of halogens is 3. The first-order valence-electron chi connectivity index (χ1n) is 11.3. The first-order chi connectivity index (χ1) is 18.3. The molecule has 1 heterocycles. The Morgan fingerprint density at radius 1 is 1.03 bits per heavy atom. The number of benzene rings is 3. The number of hydrogen-bond acceptors (Lipinski definition) is 6. The Bertz CT molecular complexity index is 1360. The van der Waals surface area contributed by atoms with Crippen LogP contribution in [0.1, 0.15) is 11.1 Å². The first kappa shape index (κ1) is 26.7. The summed E-state index contributed by atoms with van der Waals surface area (Å²) in [5, 5.41) is 9.43. The minimum atomic E-state index is -4.74. The van der Waals surface area contributed by atoms with Crippen LogP contribution in [0.2, 0.25) is 0 Å². The van der Waals surface area contributed by atoms with Gasteiger partial charge in [-0.1, -0.05) is 48.2 Å². The summed E-state index contributed by atoms with van der Waals surface area (Å²) in [6.07, 6.45) is -1.86. The van der Waals surface area contributed by atoms with Crippen molar-refractivity contribution in [3.63, 3.8) is 0 Å². The van der Waals surface area contributed by atoms with Crippen molar-refractivity contribution < 1.29 is 22.6 Å². The van der Waals surface area contributed by atoms with Crippen LogP contribution in [0.4, 0.5) is 24.5 Å². The van der Waals surface area contributed by atoms with Gasteiger partial charge in [0.25, 0.3) is 0 Å². The van der Waals surface area contributed by atoms with Crippen molar-refractivity contribution in [2.75, 3.05) is 24.3 Å². The molecule has 3 aromatic carbocycles. The Labute approximate surface area is 221 Å². The number of anilines is 1. The van der Waals surface area contributed by atoms with Gasteiger partial charge in [0.05, 0.1) is 24.7 Å². The molecule has 2 N–H and O–H groups in total. The Morgan fingerprint density at radius 2 is 1.76 bits per heavy atom. The van der Waals surface area contributed by atoms with E-state index in [-0.39, 0.29) is 11.6 Å². The van der Waals surface area contributed by atoms with Gasteiger partial charge in [-0.25, -0.2) is 9.98 Å². The molecule has 1 fully saturated rings. The van der Waals surface area contributed by atoms with Crippen LogP contribution in [0.15, 0.2) is 93.0 Å². The third-order valence-electron chi connectivity index (χ3n) is 5.18. The number of thioether (sulfide) groups is 1. The average molecular weight is 541 g/mol. The quantitative estimate of drug-likeness (QED) is 0.228. The SMILES string of the molecule is COc1ccccc1N1CCS/C1=N/N=C\c1ccc(C(N)=NC=Nc2ccc(OC(F)(F)F)cc2)cc1. The van der Waals surface area contributed by atoms with Crippen LogP contribution in [0.5, 0.6) is 11.5 Å². The normalized spacial score (nSPS) is 15.6. The van der Waals surface area contributed by atoms with Crippen molar-refractivity contribution in [2.24, 2.45) is 25.9 Å². The number of nitrogens with two attached hydrogens (primary N) is 1. The van der Waals surface area contributed by atoms with Crippen LogP contribution in [0.25, 0.3) is 0 Å². The van der Waals surface area contributed by atoms with E-state index in [1.807, 2.05) is 36.4 Å². The van der Waals surface area contributed by atoms with Gasteiger partial charge in [0.1, 0.15) is 23.7 Å². The van der Waals surface area contributed by atoms with Crippen LogP contribution in [0.3, 0.4) is 0 Å². The van der Waals surface area contributed by atoms with E-state index in [2.05, 4.69) is 29.8 Å². The van der Waals surface area contributed by atoms with E-state index < -0.39 is 6.36 Å². The molecule has 1 saturated heterocycles. The second kappa shape index (κ2) is 12.3. The lowest BCUT2D eigenvalue weighted by molar-refractivity contribution is -0.274. The molecule has 0 bridgehead atoms. The highest BCUT2D eigenvalue weighted by Crippen LogP contribution is 2.33. The molecular weight excluding hydrogens is 517 g/mol. The maximum atomic E-state index is 12.2. The van der Waals surface area contributed by atoms with Crippen molar-refractivity contribution in [1.82, 2.24) is 0 Å². The fourth-order valence-electron chi connectivity index (χ4n) is 3.41. The summed E-state index contributed by atoms with van der Waals surface area (Å²) in [5.74, 6) is 1.58. The molecule has 0 aliphatic carbocycles. The monoisotopic (exact) mass is 540 g/mol. The Kier molecular flexibility index (Phi) is 8.64. The summed E-state index contributed by atoms with van der Waals surface area (Å²) in [7, 11) is 1.64. The highest BCUT2D eigenvalue weighted by Gasteiger charge is 2.31. The summed E-state index contributed by atoms with van der Waals surface area (Å²) < 4.78 is 46.0. The Balaban J connectivity index is 1.36. The number of aliphatic imine (C=N–C) groups is 2. The Morgan fingerprint density at radius 3 is 2.47 bits per heavy atom. The molecule has 4 rings (SSSR count). The minimum absolute atomic E-state index is 0.226. The van der Waals surface area contributed by atoms with Gasteiger partial charge in [0.2, 0.25) is 0 Å². The van der Waals surface area contributed by atoms with E-state index in [0.29, 0.717) is 11.3 Å². The van der Waals surface area contributed by atoms with E-state index in [4.69, 9.17) is 10.5 Å². The molecular formula is C26H23F3N6O2S. The highest BCUT2D eigenvalue weighted by atomic mass is 32.2. The molecule has 0 amide bonds.